The Balaban J connectivity index is 1.38. The second kappa shape index (κ2) is 12.6. The monoisotopic (exact) mass is 530 g/mol. The average molecular weight is 531 g/mol. The number of hydrogen-bond acceptors (Lipinski definition) is 5. The molecule has 4 N–H and O–H groups in total. The van der Waals surface area contributed by atoms with E-state index in [1.54, 1.807) is 0 Å². The van der Waals surface area contributed by atoms with Crippen molar-refractivity contribution in [2.24, 2.45) is 35.3 Å². The number of amides is 1. The minimum Gasteiger partial charge on any atom is -0.394 e. The van der Waals surface area contributed by atoms with Crippen molar-refractivity contribution in [3.8, 4) is 0 Å². The number of amidine groups is 1. The summed E-state index contributed by atoms with van der Waals surface area (Å²) in [6.07, 6.45) is 3.60. The Hall–Kier alpha value is -1.39. The Bertz CT molecular complexity index is 766. The molecule has 2 saturated carbocycles. The normalized spacial score (nSPS) is 33.9. The summed E-state index contributed by atoms with van der Waals surface area (Å²) in [5, 5.41) is 16.8. The van der Waals surface area contributed by atoms with Crippen LogP contribution in [0.5, 0.6) is 0 Å². The molecule has 2 aliphatic heterocycles. The molecular weight excluding hydrogens is 485 g/mol. The maximum atomic E-state index is 13.8. The fourth-order valence-electron chi connectivity index (χ4n) is 7.37. The van der Waals surface area contributed by atoms with Crippen molar-refractivity contribution in [3.05, 3.63) is 0 Å². The lowest BCUT2D eigenvalue weighted by atomic mass is 9.77. The number of carbonyl (C=O) groups excluding carboxylic acids is 1. The van der Waals surface area contributed by atoms with Crippen molar-refractivity contribution in [3.63, 3.8) is 0 Å². The molecule has 2 heterocycles. The molecule has 1 amide bonds. The molecule has 212 valence electrons. The lowest BCUT2D eigenvalue weighted by Gasteiger charge is -2.41. The van der Waals surface area contributed by atoms with Crippen molar-refractivity contribution in [2.45, 2.75) is 88.9 Å². The van der Waals surface area contributed by atoms with Crippen LogP contribution in [0.4, 0.5) is 13.2 Å². The molecule has 4 rings (SSSR count). The zero-order valence-corrected chi connectivity index (χ0v) is 21.9. The van der Waals surface area contributed by atoms with E-state index in [1.165, 1.54) is 0 Å². The SMILES string of the molecule is N=C(N)C1CCC2CC(C(=O)N3CCC(CCOCCO)CC3)N(CC3CCC(C(F)(F)F)CC3)C2C1. The van der Waals surface area contributed by atoms with E-state index >= 15 is 0 Å². The van der Waals surface area contributed by atoms with E-state index in [2.05, 4.69) is 4.90 Å². The van der Waals surface area contributed by atoms with E-state index in [-0.39, 0.29) is 55.1 Å². The molecule has 0 spiro atoms. The fourth-order valence-corrected chi connectivity index (χ4v) is 7.37. The van der Waals surface area contributed by atoms with E-state index in [1.807, 2.05) is 4.90 Å². The maximum Gasteiger partial charge on any atom is 0.391 e. The first-order chi connectivity index (χ1) is 17.7. The van der Waals surface area contributed by atoms with E-state index < -0.39 is 12.1 Å². The smallest absolute Gasteiger partial charge is 0.391 e. The van der Waals surface area contributed by atoms with Gasteiger partial charge >= 0.3 is 6.18 Å². The number of aliphatic hydroxyl groups excluding tert-OH is 1. The first kappa shape index (κ1) is 28.6. The molecule has 37 heavy (non-hydrogen) atoms. The molecule has 0 aromatic rings. The van der Waals surface area contributed by atoms with Gasteiger partial charge in [0.2, 0.25) is 5.91 Å². The van der Waals surface area contributed by atoms with E-state index in [0.717, 1.165) is 58.0 Å². The molecule has 0 aromatic carbocycles. The highest BCUT2D eigenvalue weighted by molar-refractivity contribution is 5.83. The number of nitrogens with zero attached hydrogens (tertiary/aromatic N) is 2. The van der Waals surface area contributed by atoms with Crippen LogP contribution in [0, 0.1) is 35.0 Å². The number of nitrogens with two attached hydrogens (primary N) is 1. The lowest BCUT2D eigenvalue weighted by molar-refractivity contribution is -0.184. The number of fused-ring (bicyclic) bond motifs is 1. The van der Waals surface area contributed by atoms with Gasteiger partial charge in [-0.1, -0.05) is 0 Å². The van der Waals surface area contributed by atoms with Crippen LogP contribution in [0.15, 0.2) is 0 Å². The zero-order chi connectivity index (χ0) is 26.6. The van der Waals surface area contributed by atoms with Gasteiger partial charge in [0.05, 0.1) is 31.0 Å². The van der Waals surface area contributed by atoms with Crippen LogP contribution in [-0.2, 0) is 9.53 Å². The third-order valence-electron chi connectivity index (χ3n) is 9.64. The highest BCUT2D eigenvalue weighted by atomic mass is 19.4. The van der Waals surface area contributed by atoms with Crippen LogP contribution in [0.1, 0.15) is 70.6 Å². The predicted octanol–water partition coefficient (Wildman–Crippen LogP) is 3.79. The second-order valence-corrected chi connectivity index (χ2v) is 11.9. The molecule has 2 saturated heterocycles. The molecule has 4 aliphatic rings. The largest absolute Gasteiger partial charge is 0.394 e. The van der Waals surface area contributed by atoms with E-state index in [4.69, 9.17) is 21.0 Å². The number of aliphatic hydroxyl groups is 1. The van der Waals surface area contributed by atoms with Crippen molar-refractivity contribution in [1.82, 2.24) is 9.80 Å². The fraction of sp³-hybridized carbons (Fsp3) is 0.926. The van der Waals surface area contributed by atoms with E-state index in [9.17, 15) is 18.0 Å². The van der Waals surface area contributed by atoms with Gasteiger partial charge in [-0.05, 0) is 88.4 Å². The van der Waals surface area contributed by atoms with Crippen LogP contribution >= 0.6 is 0 Å². The minimum absolute atomic E-state index is 0.0300. The standard InChI is InChI=1S/C27H45F3N4O3/c28-27(29,30)22-5-1-19(2-6-22)17-34-23-16-21(25(31)32)4-3-20(23)15-24(34)26(36)33-10-7-18(8-11-33)9-13-37-14-12-35/h18-24,35H,1-17H2,(H3,31,32). The number of ether oxygens (including phenoxy) is 1. The zero-order valence-electron chi connectivity index (χ0n) is 21.9. The van der Waals surface area contributed by atoms with Crippen LogP contribution in [0.3, 0.4) is 0 Å². The molecule has 10 heteroatoms. The molecule has 4 atom stereocenters. The molecule has 2 aliphatic carbocycles. The molecule has 4 unspecified atom stereocenters. The summed E-state index contributed by atoms with van der Waals surface area (Å²) in [4.78, 5) is 18.1. The number of hydrogen-bond donors (Lipinski definition) is 3. The lowest BCUT2D eigenvalue weighted by Crippen LogP contribution is -2.52. The molecule has 0 bridgehead atoms. The third-order valence-corrected chi connectivity index (χ3v) is 9.64. The number of rotatable bonds is 9. The number of likely N-dealkylation sites (tertiary alicyclic amines) is 2. The van der Waals surface area contributed by atoms with Gasteiger partial charge in [0, 0.05) is 38.2 Å². The predicted molar refractivity (Wildman–Crippen MR) is 135 cm³/mol. The third kappa shape index (κ3) is 7.18. The van der Waals surface area contributed by atoms with Crippen molar-refractivity contribution < 1.29 is 27.8 Å². The van der Waals surface area contributed by atoms with Crippen LogP contribution in [0.2, 0.25) is 0 Å². The first-order valence-electron chi connectivity index (χ1n) is 14.3. The molecule has 7 nitrogen and oxygen atoms in total. The number of halogens is 3. The number of carbonyl (C=O) groups is 1. The number of nitrogens with one attached hydrogen (secondary N) is 1. The second-order valence-electron chi connectivity index (χ2n) is 11.9. The Morgan fingerprint density at radius 3 is 2.30 bits per heavy atom. The van der Waals surface area contributed by atoms with Gasteiger partial charge in [-0.25, -0.2) is 0 Å². The Morgan fingerprint density at radius 2 is 1.68 bits per heavy atom. The van der Waals surface area contributed by atoms with Gasteiger partial charge in [0.25, 0.3) is 0 Å². The highest BCUT2D eigenvalue weighted by Crippen LogP contribution is 2.45. The summed E-state index contributed by atoms with van der Waals surface area (Å²) in [5.41, 5.74) is 5.87. The van der Waals surface area contributed by atoms with Gasteiger partial charge in [-0.15, -0.1) is 0 Å². The van der Waals surface area contributed by atoms with Crippen LogP contribution < -0.4 is 5.73 Å². The first-order valence-corrected chi connectivity index (χ1v) is 14.3. The summed E-state index contributed by atoms with van der Waals surface area (Å²) in [7, 11) is 0. The van der Waals surface area contributed by atoms with Crippen LogP contribution in [0.25, 0.3) is 0 Å². The minimum atomic E-state index is -4.11. The van der Waals surface area contributed by atoms with E-state index in [0.29, 0.717) is 44.4 Å². The van der Waals surface area contributed by atoms with Gasteiger partial charge in [-0.3, -0.25) is 15.1 Å². The van der Waals surface area contributed by atoms with Crippen molar-refractivity contribution in [2.75, 3.05) is 39.5 Å². The van der Waals surface area contributed by atoms with Crippen LogP contribution in [-0.4, -0.2) is 84.4 Å². The number of piperidine rings is 1. The highest BCUT2D eigenvalue weighted by Gasteiger charge is 2.49. The van der Waals surface area contributed by atoms with Gasteiger partial charge in [0.15, 0.2) is 0 Å². The molecular formula is C27H45F3N4O3. The summed E-state index contributed by atoms with van der Waals surface area (Å²) < 4.78 is 45.0. The molecule has 0 radical (unpaired) electrons. The Labute approximate surface area is 218 Å². The van der Waals surface area contributed by atoms with Gasteiger partial charge in [0.1, 0.15) is 0 Å². The summed E-state index contributed by atoms with van der Waals surface area (Å²) >= 11 is 0. The van der Waals surface area contributed by atoms with Crippen molar-refractivity contribution >= 4 is 11.7 Å². The molecule has 4 fully saturated rings. The van der Waals surface area contributed by atoms with Gasteiger partial charge in [-0.2, -0.15) is 13.2 Å². The Kier molecular flexibility index (Phi) is 9.78. The summed E-state index contributed by atoms with van der Waals surface area (Å²) in [6.45, 7) is 3.16. The summed E-state index contributed by atoms with van der Waals surface area (Å²) in [6, 6.07) is -0.0383. The maximum absolute atomic E-state index is 13.8. The number of alkyl halides is 3. The average Bonchev–Trinajstić information content (AvgIpc) is 3.24. The quantitative estimate of drug-likeness (QED) is 0.239. The van der Waals surface area contributed by atoms with Gasteiger partial charge < -0.3 is 20.5 Å². The Morgan fingerprint density at radius 1 is 0.973 bits per heavy atom. The summed E-state index contributed by atoms with van der Waals surface area (Å²) in [5.74, 6) is 0.302. The molecule has 0 aromatic heterocycles. The van der Waals surface area contributed by atoms with Crippen molar-refractivity contribution in [1.29, 1.82) is 5.41 Å². The topological polar surface area (TPSA) is 103 Å².